The molecule has 21 heavy (non-hydrogen) atoms. The predicted molar refractivity (Wildman–Crippen MR) is 87.3 cm³/mol. The third-order valence-electron chi connectivity index (χ3n) is 5.33. The third kappa shape index (κ3) is 2.36. The summed E-state index contributed by atoms with van der Waals surface area (Å²) in [5.41, 5.74) is 9.03. The van der Waals surface area contributed by atoms with Crippen LogP contribution in [0.3, 0.4) is 0 Å². The maximum absolute atomic E-state index is 6.64. The second-order valence-electron chi connectivity index (χ2n) is 6.59. The van der Waals surface area contributed by atoms with Gasteiger partial charge in [-0.3, -0.25) is 0 Å². The van der Waals surface area contributed by atoms with Crippen LogP contribution in [0.25, 0.3) is 11.0 Å². The molecular formula is C17H26N4. The number of hydrogen-bond acceptors (Lipinski definition) is 3. The highest BCUT2D eigenvalue weighted by atomic mass is 15.2. The molecular weight excluding hydrogens is 260 g/mol. The summed E-state index contributed by atoms with van der Waals surface area (Å²) in [6.45, 7) is 0. The SMILES string of the molecule is CN(C)C1(C(N)Cc2nc3ccccc3n2C)CCCC1. The Labute approximate surface area is 126 Å². The zero-order valence-electron chi connectivity index (χ0n) is 13.3. The summed E-state index contributed by atoms with van der Waals surface area (Å²) >= 11 is 0. The van der Waals surface area contributed by atoms with E-state index in [-0.39, 0.29) is 11.6 Å². The maximum atomic E-state index is 6.64. The molecule has 1 saturated carbocycles. The Bertz CT molecular complexity index is 623. The summed E-state index contributed by atoms with van der Waals surface area (Å²) in [6.07, 6.45) is 5.81. The van der Waals surface area contributed by atoms with Crippen LogP contribution in [0, 0.1) is 0 Å². The summed E-state index contributed by atoms with van der Waals surface area (Å²) in [6, 6.07) is 8.42. The first kappa shape index (κ1) is 14.5. The minimum atomic E-state index is 0.130. The number of aryl methyl sites for hydroxylation is 1. The number of fused-ring (bicyclic) bond motifs is 1. The number of hydrogen-bond donors (Lipinski definition) is 1. The van der Waals surface area contributed by atoms with E-state index in [4.69, 9.17) is 10.7 Å². The molecule has 1 unspecified atom stereocenters. The topological polar surface area (TPSA) is 47.1 Å². The third-order valence-corrected chi connectivity index (χ3v) is 5.33. The van der Waals surface area contributed by atoms with E-state index in [2.05, 4.69) is 48.8 Å². The van der Waals surface area contributed by atoms with E-state index in [0.717, 1.165) is 17.8 Å². The number of rotatable bonds is 4. The van der Waals surface area contributed by atoms with Crippen LogP contribution in [0.15, 0.2) is 24.3 Å². The lowest BCUT2D eigenvalue weighted by molar-refractivity contribution is 0.122. The second-order valence-corrected chi connectivity index (χ2v) is 6.59. The molecule has 1 atom stereocenters. The van der Waals surface area contributed by atoms with Gasteiger partial charge in [-0.2, -0.15) is 0 Å². The van der Waals surface area contributed by atoms with Crippen LogP contribution < -0.4 is 5.73 Å². The molecule has 3 rings (SSSR count). The van der Waals surface area contributed by atoms with E-state index >= 15 is 0 Å². The van der Waals surface area contributed by atoms with Crippen LogP contribution in [-0.2, 0) is 13.5 Å². The van der Waals surface area contributed by atoms with Gasteiger partial charge >= 0.3 is 0 Å². The molecule has 1 fully saturated rings. The van der Waals surface area contributed by atoms with Gasteiger partial charge in [-0.25, -0.2) is 4.98 Å². The lowest BCUT2D eigenvalue weighted by atomic mass is 9.85. The Morgan fingerprint density at radius 3 is 2.57 bits per heavy atom. The van der Waals surface area contributed by atoms with Gasteiger partial charge in [0.1, 0.15) is 5.82 Å². The molecule has 1 aromatic carbocycles. The van der Waals surface area contributed by atoms with Crippen molar-refractivity contribution in [2.75, 3.05) is 14.1 Å². The van der Waals surface area contributed by atoms with Gasteiger partial charge in [-0.1, -0.05) is 25.0 Å². The zero-order valence-corrected chi connectivity index (χ0v) is 13.3. The van der Waals surface area contributed by atoms with Crippen molar-refractivity contribution in [1.82, 2.24) is 14.5 Å². The van der Waals surface area contributed by atoms with Crippen molar-refractivity contribution in [3.8, 4) is 0 Å². The smallest absolute Gasteiger partial charge is 0.111 e. The van der Waals surface area contributed by atoms with Gasteiger partial charge < -0.3 is 15.2 Å². The number of nitrogens with zero attached hydrogens (tertiary/aromatic N) is 3. The van der Waals surface area contributed by atoms with E-state index in [1.165, 1.54) is 31.2 Å². The van der Waals surface area contributed by atoms with Gasteiger partial charge in [0, 0.05) is 25.0 Å². The molecule has 0 aliphatic heterocycles. The van der Waals surface area contributed by atoms with E-state index in [1.54, 1.807) is 0 Å². The van der Waals surface area contributed by atoms with E-state index in [1.807, 2.05) is 6.07 Å². The predicted octanol–water partition coefficient (Wildman–Crippen LogP) is 2.32. The molecule has 0 amide bonds. The Morgan fingerprint density at radius 1 is 1.29 bits per heavy atom. The van der Waals surface area contributed by atoms with Gasteiger partial charge in [0.2, 0.25) is 0 Å². The summed E-state index contributed by atoms with van der Waals surface area (Å²) in [5, 5.41) is 0. The molecule has 0 bridgehead atoms. The average molecular weight is 286 g/mol. The maximum Gasteiger partial charge on any atom is 0.111 e. The molecule has 0 radical (unpaired) electrons. The number of benzene rings is 1. The van der Waals surface area contributed by atoms with E-state index in [0.29, 0.717) is 0 Å². The molecule has 1 aliphatic rings. The molecule has 2 N–H and O–H groups in total. The highest BCUT2D eigenvalue weighted by molar-refractivity contribution is 5.75. The summed E-state index contributed by atoms with van der Waals surface area (Å²) in [5.74, 6) is 1.09. The number of para-hydroxylation sites is 2. The van der Waals surface area contributed by atoms with Gasteiger partial charge in [0.25, 0.3) is 0 Å². The molecule has 2 aromatic rings. The summed E-state index contributed by atoms with van der Waals surface area (Å²) in [4.78, 5) is 7.12. The van der Waals surface area contributed by atoms with Crippen molar-refractivity contribution in [3.63, 3.8) is 0 Å². The van der Waals surface area contributed by atoms with Crippen LogP contribution in [0.4, 0.5) is 0 Å². The van der Waals surface area contributed by atoms with Crippen LogP contribution in [0.2, 0.25) is 0 Å². The van der Waals surface area contributed by atoms with Crippen molar-refractivity contribution >= 4 is 11.0 Å². The van der Waals surface area contributed by atoms with Crippen molar-refractivity contribution in [1.29, 1.82) is 0 Å². The van der Waals surface area contributed by atoms with E-state index < -0.39 is 0 Å². The number of likely N-dealkylation sites (N-methyl/N-ethyl adjacent to an activating group) is 1. The summed E-state index contributed by atoms with van der Waals surface area (Å²) in [7, 11) is 6.43. The van der Waals surface area contributed by atoms with Gasteiger partial charge in [-0.15, -0.1) is 0 Å². The first-order valence-electron chi connectivity index (χ1n) is 7.88. The van der Waals surface area contributed by atoms with Crippen LogP contribution >= 0.6 is 0 Å². The van der Waals surface area contributed by atoms with Crippen molar-refractivity contribution < 1.29 is 0 Å². The minimum Gasteiger partial charge on any atom is -0.331 e. The minimum absolute atomic E-state index is 0.130. The molecule has 1 aromatic heterocycles. The Morgan fingerprint density at radius 2 is 1.95 bits per heavy atom. The number of imidazole rings is 1. The Balaban J connectivity index is 1.89. The first-order chi connectivity index (χ1) is 10.0. The number of nitrogens with two attached hydrogens (primary N) is 1. The van der Waals surface area contributed by atoms with Crippen LogP contribution in [0.5, 0.6) is 0 Å². The fourth-order valence-corrected chi connectivity index (χ4v) is 3.90. The van der Waals surface area contributed by atoms with Gasteiger partial charge in [0.15, 0.2) is 0 Å². The largest absolute Gasteiger partial charge is 0.331 e. The van der Waals surface area contributed by atoms with Crippen LogP contribution in [0.1, 0.15) is 31.5 Å². The van der Waals surface area contributed by atoms with Crippen molar-refractivity contribution in [2.45, 2.75) is 43.7 Å². The number of aromatic nitrogens is 2. The lowest BCUT2D eigenvalue weighted by Crippen LogP contribution is -2.56. The normalized spacial score (nSPS) is 19.5. The van der Waals surface area contributed by atoms with Crippen LogP contribution in [-0.4, -0.2) is 40.1 Å². The fraction of sp³-hybridized carbons (Fsp3) is 0.588. The molecule has 0 spiro atoms. The van der Waals surface area contributed by atoms with Crippen molar-refractivity contribution in [2.24, 2.45) is 12.8 Å². The monoisotopic (exact) mass is 286 g/mol. The zero-order chi connectivity index (χ0) is 15.0. The average Bonchev–Trinajstić information content (AvgIpc) is 3.07. The molecule has 4 heteroatoms. The Hall–Kier alpha value is -1.39. The standard InChI is InChI=1S/C17H26N4/c1-20(2)17(10-6-7-11-17)15(18)12-16-19-13-8-4-5-9-14(13)21(16)3/h4-5,8-9,15H,6-7,10-12,18H2,1-3H3. The van der Waals surface area contributed by atoms with Gasteiger partial charge in [0.05, 0.1) is 11.0 Å². The molecule has 4 nitrogen and oxygen atoms in total. The molecule has 114 valence electrons. The van der Waals surface area contributed by atoms with Gasteiger partial charge in [-0.05, 0) is 39.1 Å². The molecule has 0 saturated heterocycles. The second kappa shape index (κ2) is 5.43. The lowest BCUT2D eigenvalue weighted by Gasteiger charge is -2.41. The Kier molecular flexibility index (Phi) is 3.76. The molecule has 1 aliphatic carbocycles. The highest BCUT2D eigenvalue weighted by Crippen LogP contribution is 2.37. The van der Waals surface area contributed by atoms with Crippen molar-refractivity contribution in [3.05, 3.63) is 30.1 Å². The fourth-order valence-electron chi connectivity index (χ4n) is 3.90. The van der Waals surface area contributed by atoms with E-state index in [9.17, 15) is 0 Å². The first-order valence-corrected chi connectivity index (χ1v) is 7.88. The highest BCUT2D eigenvalue weighted by Gasteiger charge is 2.41. The summed E-state index contributed by atoms with van der Waals surface area (Å²) < 4.78 is 2.19. The molecule has 1 heterocycles. The quantitative estimate of drug-likeness (QED) is 0.938.